The maximum Gasteiger partial charge on any atom is 0.234 e. The zero-order chi connectivity index (χ0) is 22.2. The van der Waals surface area contributed by atoms with Gasteiger partial charge in [-0.2, -0.15) is 0 Å². The Morgan fingerprint density at radius 1 is 1.39 bits per heavy atom. The Morgan fingerprint density at radius 2 is 2.13 bits per heavy atom. The van der Waals surface area contributed by atoms with Crippen molar-refractivity contribution in [1.29, 1.82) is 0 Å². The third kappa shape index (κ3) is 4.14. The largest absolute Gasteiger partial charge is 0.391 e. The van der Waals surface area contributed by atoms with Gasteiger partial charge in [0.05, 0.1) is 12.1 Å². The van der Waals surface area contributed by atoms with E-state index < -0.39 is 23.8 Å². The highest BCUT2D eigenvalue weighted by molar-refractivity contribution is 6.97. The maximum atomic E-state index is 13.6. The minimum absolute atomic E-state index is 0.0474. The minimum Gasteiger partial charge on any atom is -0.391 e. The third-order valence-electron chi connectivity index (χ3n) is 5.83. The van der Waals surface area contributed by atoms with E-state index in [1.54, 1.807) is 11.0 Å². The van der Waals surface area contributed by atoms with E-state index in [1.807, 2.05) is 51.1 Å². The summed E-state index contributed by atoms with van der Waals surface area (Å²) in [5.74, 6) is 0.205. The first-order chi connectivity index (χ1) is 14.8. The molecule has 1 saturated heterocycles. The molecule has 1 aromatic carbocycles. The zero-order valence-electron chi connectivity index (χ0n) is 17.9. The van der Waals surface area contributed by atoms with E-state index in [4.69, 9.17) is 22.1 Å². The predicted octanol–water partition coefficient (Wildman–Crippen LogP) is 0.595. The molecule has 159 valence electrons. The molecule has 3 radical (unpaired) electrons. The van der Waals surface area contributed by atoms with Crippen molar-refractivity contribution >= 4 is 32.2 Å². The van der Waals surface area contributed by atoms with E-state index in [-0.39, 0.29) is 18.4 Å². The normalized spacial score (nSPS) is 26.6. The number of aliphatic hydroxyl groups is 1. The van der Waals surface area contributed by atoms with Gasteiger partial charge in [0.25, 0.3) is 0 Å². The second-order valence-corrected chi connectivity index (χ2v) is 8.49. The molecule has 0 aliphatic carbocycles. The molecule has 0 bridgehead atoms. The van der Waals surface area contributed by atoms with Crippen LogP contribution in [0, 0.1) is 5.92 Å². The molecule has 0 saturated carbocycles. The average molecular weight is 419 g/mol. The molecule has 2 N–H and O–H groups in total. The molecule has 2 aliphatic rings. The Bertz CT molecular complexity index is 967. The van der Waals surface area contributed by atoms with Crippen molar-refractivity contribution in [3.05, 3.63) is 47.7 Å². The Hall–Kier alpha value is -2.58. The number of rotatable bonds is 6. The molecule has 2 aromatic rings. The predicted molar refractivity (Wildman–Crippen MR) is 117 cm³/mol. The molecule has 8 nitrogen and oxygen atoms in total. The lowest BCUT2D eigenvalue weighted by Gasteiger charge is -2.29. The Labute approximate surface area is 183 Å². The highest BCUT2D eigenvalue weighted by Crippen LogP contribution is 2.34. The molecule has 4 unspecified atom stereocenters. The molecule has 31 heavy (non-hydrogen) atoms. The van der Waals surface area contributed by atoms with Crippen molar-refractivity contribution in [3.8, 4) is 0 Å². The van der Waals surface area contributed by atoms with Crippen LogP contribution in [-0.2, 0) is 15.4 Å². The second-order valence-electron chi connectivity index (χ2n) is 8.49. The van der Waals surface area contributed by atoms with Gasteiger partial charge < -0.3 is 14.5 Å². The number of hydrogen-bond acceptors (Lipinski definition) is 7. The van der Waals surface area contributed by atoms with Gasteiger partial charge in [-0.3, -0.25) is 4.79 Å². The number of carbonyl (C=O) groups is 1. The molecule has 1 fully saturated rings. The van der Waals surface area contributed by atoms with Crippen LogP contribution in [0.15, 0.2) is 45.9 Å². The van der Waals surface area contributed by atoms with Gasteiger partial charge in [0.2, 0.25) is 11.6 Å². The van der Waals surface area contributed by atoms with Gasteiger partial charge in [-0.25, -0.2) is 15.3 Å². The zero-order valence-corrected chi connectivity index (χ0v) is 17.9. The van der Waals surface area contributed by atoms with Crippen molar-refractivity contribution < 1.29 is 19.3 Å². The summed E-state index contributed by atoms with van der Waals surface area (Å²) >= 11 is 0. The summed E-state index contributed by atoms with van der Waals surface area (Å²) in [5, 5.41) is 14.3. The van der Waals surface area contributed by atoms with Gasteiger partial charge >= 0.3 is 0 Å². The fourth-order valence-electron chi connectivity index (χ4n) is 4.20. The molecule has 3 heterocycles. The van der Waals surface area contributed by atoms with Gasteiger partial charge in [-0.15, -0.1) is 0 Å². The van der Waals surface area contributed by atoms with Crippen LogP contribution in [0.1, 0.15) is 44.4 Å². The molecule has 4 rings (SSSR count). The highest BCUT2D eigenvalue weighted by atomic mass is 16.7. The van der Waals surface area contributed by atoms with E-state index in [2.05, 4.69) is 10.6 Å². The van der Waals surface area contributed by atoms with Crippen LogP contribution < -0.4 is 11.1 Å². The molecule has 1 aromatic heterocycles. The monoisotopic (exact) mass is 419 g/mol. The van der Waals surface area contributed by atoms with E-state index in [1.165, 1.54) is 7.17 Å². The van der Waals surface area contributed by atoms with E-state index in [9.17, 15) is 9.90 Å². The van der Waals surface area contributed by atoms with Gasteiger partial charge in [0.1, 0.15) is 24.7 Å². The second kappa shape index (κ2) is 8.51. The molecule has 2 aliphatic heterocycles. The van der Waals surface area contributed by atoms with Crippen molar-refractivity contribution in [2.24, 2.45) is 10.9 Å². The molecule has 1 amide bonds. The summed E-state index contributed by atoms with van der Waals surface area (Å²) < 4.78 is 5.40. The lowest BCUT2D eigenvalue weighted by Crippen LogP contribution is -2.46. The van der Waals surface area contributed by atoms with Crippen LogP contribution in [0.4, 0.5) is 0 Å². The number of amides is 1. The van der Waals surface area contributed by atoms with Crippen molar-refractivity contribution in [2.75, 3.05) is 6.54 Å². The standard InChI is InChI=1S/C21H25B2N4O4/c1-12(2)18(16-10-17(23-22)25-30-16)20(29)27-11-14(28)9-15(27)19-24-21(3,31-26-19)13-7-5-4-6-8-13/h4-8,10,12,14-15,18,28H,9,11H2,1-3H3,(H,24,26). The number of benzene rings is 1. The van der Waals surface area contributed by atoms with Gasteiger partial charge in [0.15, 0.2) is 0 Å². The third-order valence-corrected chi connectivity index (χ3v) is 5.83. The summed E-state index contributed by atoms with van der Waals surface area (Å²) in [5.41, 5.74) is 3.35. The van der Waals surface area contributed by atoms with Gasteiger partial charge in [-0.1, -0.05) is 49.3 Å². The molecule has 10 heteroatoms. The number of aliphatic hydroxyl groups excluding tert-OH is 1. The summed E-state index contributed by atoms with van der Waals surface area (Å²) in [6, 6.07) is 10.9. The van der Waals surface area contributed by atoms with Gasteiger partial charge in [-0.05, 0) is 18.9 Å². The fraction of sp³-hybridized carbons (Fsp3) is 0.476. The summed E-state index contributed by atoms with van der Waals surface area (Å²) in [6.07, 6.45) is -0.285. The lowest BCUT2D eigenvalue weighted by atomic mass is 9.53. The highest BCUT2D eigenvalue weighted by Gasteiger charge is 2.45. The van der Waals surface area contributed by atoms with Crippen LogP contribution in [0.25, 0.3) is 0 Å². The Balaban J connectivity index is 1.61. The average Bonchev–Trinajstić information content (AvgIpc) is 3.47. The first-order valence-corrected chi connectivity index (χ1v) is 10.4. The summed E-state index contributed by atoms with van der Waals surface area (Å²) in [4.78, 5) is 25.8. The van der Waals surface area contributed by atoms with Crippen LogP contribution in [0.3, 0.4) is 0 Å². The number of likely N-dealkylation sites (tertiary alicyclic amines) is 1. The number of nitrogens with one attached hydrogen (secondary N) is 1. The van der Waals surface area contributed by atoms with Crippen LogP contribution >= 0.6 is 0 Å². The number of nitrogens with zero attached hydrogens (tertiary/aromatic N) is 3. The summed E-state index contributed by atoms with van der Waals surface area (Å²) in [6.45, 7) is 5.95. The van der Waals surface area contributed by atoms with Crippen LogP contribution in [0.2, 0.25) is 0 Å². The smallest absolute Gasteiger partial charge is 0.234 e. The van der Waals surface area contributed by atoms with Gasteiger partial charge in [0, 0.05) is 31.9 Å². The van der Waals surface area contributed by atoms with E-state index in [0.29, 0.717) is 23.6 Å². The van der Waals surface area contributed by atoms with Crippen molar-refractivity contribution in [3.63, 3.8) is 0 Å². The number of aromatic nitrogens is 1. The Morgan fingerprint density at radius 3 is 2.77 bits per heavy atom. The number of amidine groups is 1. The first kappa shape index (κ1) is 21.6. The number of β-amino-alcohol motifs (C(OH)–C–C–N with tert-alkyl or cyclic N) is 1. The first-order valence-electron chi connectivity index (χ1n) is 10.4. The number of hydrogen-bond donors (Lipinski definition) is 2. The molecular weight excluding hydrogens is 394 g/mol. The summed E-state index contributed by atoms with van der Waals surface area (Å²) in [7, 11) is 6.85. The molecular formula is C21H25B2N4O4. The molecule has 0 spiro atoms. The fourth-order valence-corrected chi connectivity index (χ4v) is 4.20. The van der Waals surface area contributed by atoms with Crippen LogP contribution in [-0.4, -0.2) is 60.5 Å². The van der Waals surface area contributed by atoms with Crippen molar-refractivity contribution in [1.82, 2.24) is 15.5 Å². The molecule has 4 atom stereocenters. The number of aliphatic imine (C=N–C) groups is 1. The minimum atomic E-state index is -0.910. The van der Waals surface area contributed by atoms with E-state index in [0.717, 1.165) is 5.56 Å². The number of carbonyl (C=O) groups excluding carboxylic acids is 1. The van der Waals surface area contributed by atoms with Crippen LogP contribution in [0.5, 0.6) is 0 Å². The van der Waals surface area contributed by atoms with Crippen molar-refractivity contribution in [2.45, 2.75) is 51.0 Å². The SMILES string of the molecule is [B][B]c1cc(C(C(=O)N2CC(O)CC2C2=NC(C)(c3ccccc3)ON2)C(C)C)on1. The van der Waals surface area contributed by atoms with E-state index >= 15 is 0 Å². The number of hydroxylamine groups is 1. The quantitative estimate of drug-likeness (QED) is 0.666. The Kier molecular flexibility index (Phi) is 5.94. The topological polar surface area (TPSA) is 100 Å². The lowest BCUT2D eigenvalue weighted by molar-refractivity contribution is -0.134. The maximum absolute atomic E-state index is 13.6.